The Morgan fingerprint density at radius 3 is 3.00 bits per heavy atom. The average molecular weight is 248 g/mol. The molecule has 0 unspecified atom stereocenters. The molecule has 0 amide bonds. The SMILES string of the molecule is C=C1C(=O)O[C@H]2[C@H]1CC[C@]1(C)[C@H](O)CC=C(C)[C@@H]21. The van der Waals surface area contributed by atoms with Crippen molar-refractivity contribution in [3.05, 3.63) is 23.8 Å². The van der Waals surface area contributed by atoms with Gasteiger partial charge in [0.2, 0.25) is 0 Å². The topological polar surface area (TPSA) is 46.5 Å². The number of aliphatic hydroxyl groups is 1. The van der Waals surface area contributed by atoms with Crippen molar-refractivity contribution in [2.24, 2.45) is 17.3 Å². The molecule has 1 saturated carbocycles. The van der Waals surface area contributed by atoms with E-state index < -0.39 is 0 Å². The van der Waals surface area contributed by atoms with Gasteiger partial charge in [-0.1, -0.05) is 25.2 Å². The number of hydrogen-bond acceptors (Lipinski definition) is 3. The van der Waals surface area contributed by atoms with Crippen LogP contribution in [-0.2, 0) is 9.53 Å². The number of carbonyl (C=O) groups excluding carboxylic acids is 1. The van der Waals surface area contributed by atoms with E-state index in [0.717, 1.165) is 12.8 Å². The summed E-state index contributed by atoms with van der Waals surface area (Å²) in [5, 5.41) is 10.3. The van der Waals surface area contributed by atoms with Crippen molar-refractivity contribution in [1.29, 1.82) is 0 Å². The minimum absolute atomic E-state index is 0.116. The third-order valence-corrected chi connectivity index (χ3v) is 5.30. The Morgan fingerprint density at radius 2 is 2.28 bits per heavy atom. The summed E-state index contributed by atoms with van der Waals surface area (Å²) in [6, 6.07) is 0. The van der Waals surface area contributed by atoms with Crippen molar-refractivity contribution >= 4 is 5.97 Å². The monoisotopic (exact) mass is 248 g/mol. The van der Waals surface area contributed by atoms with E-state index in [4.69, 9.17) is 4.74 Å². The number of esters is 1. The third-order valence-electron chi connectivity index (χ3n) is 5.30. The molecule has 3 nitrogen and oxygen atoms in total. The molecule has 98 valence electrons. The highest BCUT2D eigenvalue weighted by Crippen LogP contribution is 2.56. The molecule has 1 aliphatic heterocycles. The van der Waals surface area contributed by atoms with Crippen LogP contribution in [0.4, 0.5) is 0 Å². The normalized spacial score (nSPS) is 47.2. The zero-order valence-electron chi connectivity index (χ0n) is 11.0. The molecule has 0 aromatic heterocycles. The maximum Gasteiger partial charge on any atom is 0.334 e. The van der Waals surface area contributed by atoms with E-state index in [1.54, 1.807) is 0 Å². The fourth-order valence-corrected chi connectivity index (χ4v) is 4.11. The molecular formula is C15H20O3. The fraction of sp³-hybridized carbons (Fsp3) is 0.667. The zero-order chi connectivity index (χ0) is 13.1. The third kappa shape index (κ3) is 1.37. The van der Waals surface area contributed by atoms with Crippen molar-refractivity contribution in [3.8, 4) is 0 Å². The first-order valence-corrected chi connectivity index (χ1v) is 6.69. The average Bonchev–Trinajstić information content (AvgIpc) is 2.60. The minimum atomic E-state index is -0.334. The van der Waals surface area contributed by atoms with Crippen molar-refractivity contribution < 1.29 is 14.6 Å². The Kier molecular flexibility index (Phi) is 2.46. The Balaban J connectivity index is 2.03. The van der Waals surface area contributed by atoms with Crippen LogP contribution in [0, 0.1) is 17.3 Å². The summed E-state index contributed by atoms with van der Waals surface area (Å²) in [5.41, 5.74) is 1.71. The number of rotatable bonds is 0. The van der Waals surface area contributed by atoms with Crippen molar-refractivity contribution in [2.45, 2.75) is 45.3 Å². The molecule has 3 heteroatoms. The summed E-state index contributed by atoms with van der Waals surface area (Å²) in [5.74, 6) is 0.0366. The first-order valence-electron chi connectivity index (χ1n) is 6.69. The fourth-order valence-electron chi connectivity index (χ4n) is 4.11. The highest BCUT2D eigenvalue weighted by molar-refractivity contribution is 5.91. The predicted molar refractivity (Wildman–Crippen MR) is 67.7 cm³/mol. The molecule has 18 heavy (non-hydrogen) atoms. The molecule has 0 aromatic carbocycles. The van der Waals surface area contributed by atoms with Gasteiger partial charge in [0.1, 0.15) is 6.10 Å². The molecule has 0 aromatic rings. The van der Waals surface area contributed by atoms with Gasteiger partial charge in [0.05, 0.1) is 6.10 Å². The Morgan fingerprint density at radius 1 is 1.56 bits per heavy atom. The Labute approximate surface area is 108 Å². The van der Waals surface area contributed by atoms with Gasteiger partial charge in [0, 0.05) is 22.8 Å². The number of aliphatic hydroxyl groups excluding tert-OH is 1. The standard InChI is InChI=1S/C15H20O3/c1-8-4-5-11(16)15(3)7-6-10-9(2)14(17)18-13(10)12(8)15/h4,10-13,16H,2,5-7H2,1,3H3/t10-,11+,12-,13-,15+/m0/s1. The van der Waals surface area contributed by atoms with Crippen LogP contribution in [0.15, 0.2) is 23.8 Å². The van der Waals surface area contributed by atoms with Crippen LogP contribution >= 0.6 is 0 Å². The molecule has 5 atom stereocenters. The minimum Gasteiger partial charge on any atom is -0.458 e. The summed E-state index contributed by atoms with van der Waals surface area (Å²) < 4.78 is 5.54. The lowest BCUT2D eigenvalue weighted by Crippen LogP contribution is -2.52. The van der Waals surface area contributed by atoms with Crippen molar-refractivity contribution in [3.63, 3.8) is 0 Å². The van der Waals surface area contributed by atoms with E-state index in [1.807, 2.05) is 0 Å². The van der Waals surface area contributed by atoms with Gasteiger partial charge in [-0.3, -0.25) is 0 Å². The van der Waals surface area contributed by atoms with Crippen LogP contribution < -0.4 is 0 Å². The molecule has 0 bridgehead atoms. The molecule has 3 rings (SSSR count). The molecule has 2 fully saturated rings. The smallest absolute Gasteiger partial charge is 0.334 e. The second kappa shape index (κ2) is 3.70. The largest absolute Gasteiger partial charge is 0.458 e. The van der Waals surface area contributed by atoms with Crippen LogP contribution in [0.1, 0.15) is 33.1 Å². The first kappa shape index (κ1) is 12.0. The van der Waals surface area contributed by atoms with Gasteiger partial charge in [-0.15, -0.1) is 0 Å². The number of hydrogen-bond donors (Lipinski definition) is 1. The molecule has 0 radical (unpaired) electrons. The quantitative estimate of drug-likeness (QED) is 0.406. The van der Waals surface area contributed by atoms with Crippen LogP contribution in [0.2, 0.25) is 0 Å². The second-order valence-electron chi connectivity index (χ2n) is 6.22. The summed E-state index contributed by atoms with van der Waals surface area (Å²) in [6.07, 6.45) is 4.18. The first-order chi connectivity index (χ1) is 8.45. The predicted octanol–water partition coefficient (Wildman–Crippen LogP) is 2.21. The van der Waals surface area contributed by atoms with Crippen LogP contribution in [0.3, 0.4) is 0 Å². The van der Waals surface area contributed by atoms with Crippen molar-refractivity contribution in [1.82, 2.24) is 0 Å². The molecule has 1 saturated heterocycles. The van der Waals surface area contributed by atoms with Gasteiger partial charge in [0.25, 0.3) is 0 Å². The van der Waals surface area contributed by atoms with E-state index in [9.17, 15) is 9.90 Å². The molecular weight excluding hydrogens is 228 g/mol. The van der Waals surface area contributed by atoms with E-state index in [2.05, 4.69) is 26.5 Å². The van der Waals surface area contributed by atoms with Gasteiger partial charge in [0.15, 0.2) is 0 Å². The molecule has 2 aliphatic carbocycles. The Bertz CT molecular complexity index is 451. The number of carbonyl (C=O) groups is 1. The molecule has 1 N–H and O–H groups in total. The number of fused-ring (bicyclic) bond motifs is 3. The van der Waals surface area contributed by atoms with Gasteiger partial charge in [-0.25, -0.2) is 4.79 Å². The van der Waals surface area contributed by atoms with Gasteiger partial charge < -0.3 is 9.84 Å². The molecule has 1 heterocycles. The maximum absolute atomic E-state index is 11.7. The lowest BCUT2D eigenvalue weighted by molar-refractivity contribution is -0.149. The van der Waals surface area contributed by atoms with Crippen LogP contribution in [0.25, 0.3) is 0 Å². The molecule has 0 spiro atoms. The highest BCUT2D eigenvalue weighted by atomic mass is 16.6. The van der Waals surface area contributed by atoms with Crippen LogP contribution in [0.5, 0.6) is 0 Å². The zero-order valence-corrected chi connectivity index (χ0v) is 11.0. The summed E-state index contributed by atoms with van der Waals surface area (Å²) in [4.78, 5) is 11.7. The maximum atomic E-state index is 11.7. The van der Waals surface area contributed by atoms with Gasteiger partial charge in [-0.05, 0) is 26.2 Å². The lowest BCUT2D eigenvalue weighted by Gasteiger charge is -2.51. The summed E-state index contributed by atoms with van der Waals surface area (Å²) >= 11 is 0. The van der Waals surface area contributed by atoms with Crippen molar-refractivity contribution in [2.75, 3.05) is 0 Å². The van der Waals surface area contributed by atoms with Crippen LogP contribution in [-0.4, -0.2) is 23.3 Å². The Hall–Kier alpha value is -1.09. The van der Waals surface area contributed by atoms with Gasteiger partial charge >= 0.3 is 5.97 Å². The number of ether oxygens (including phenoxy) is 1. The summed E-state index contributed by atoms with van der Waals surface area (Å²) in [6.45, 7) is 8.09. The van der Waals surface area contributed by atoms with E-state index >= 15 is 0 Å². The molecule has 3 aliphatic rings. The summed E-state index contributed by atoms with van der Waals surface area (Å²) in [7, 11) is 0. The van der Waals surface area contributed by atoms with E-state index in [-0.39, 0.29) is 35.4 Å². The second-order valence-corrected chi connectivity index (χ2v) is 6.22. The lowest BCUT2D eigenvalue weighted by atomic mass is 9.55. The van der Waals surface area contributed by atoms with Gasteiger partial charge in [-0.2, -0.15) is 0 Å². The van der Waals surface area contributed by atoms with E-state index in [0.29, 0.717) is 12.0 Å². The van der Waals surface area contributed by atoms with E-state index in [1.165, 1.54) is 5.57 Å². The highest BCUT2D eigenvalue weighted by Gasteiger charge is 2.57.